The van der Waals surface area contributed by atoms with E-state index < -0.39 is 0 Å². The van der Waals surface area contributed by atoms with Gasteiger partial charge in [0.2, 0.25) is 11.8 Å². The second-order valence-corrected chi connectivity index (χ2v) is 8.38. The molecule has 1 atom stereocenters. The molecule has 0 radical (unpaired) electrons. The quantitative estimate of drug-likeness (QED) is 0.853. The summed E-state index contributed by atoms with van der Waals surface area (Å²) in [4.78, 5) is 34.3. The van der Waals surface area contributed by atoms with E-state index in [0.717, 1.165) is 63.4 Å². The Morgan fingerprint density at radius 3 is 2.54 bits per heavy atom. The normalized spacial score (nSPS) is 20.2. The minimum Gasteiger partial charge on any atom is -0.353 e. The highest BCUT2D eigenvalue weighted by molar-refractivity contribution is 7.15. The summed E-state index contributed by atoms with van der Waals surface area (Å²) in [7, 11) is 0. The zero-order chi connectivity index (χ0) is 18.7. The average Bonchev–Trinajstić information content (AvgIpc) is 3.09. The number of nitrogens with one attached hydrogen (secondary N) is 1. The van der Waals surface area contributed by atoms with E-state index in [-0.39, 0.29) is 17.7 Å². The van der Waals surface area contributed by atoms with Crippen molar-refractivity contribution in [2.45, 2.75) is 58.9 Å². The lowest BCUT2D eigenvalue weighted by molar-refractivity contribution is -0.129. The molecule has 1 aliphatic carbocycles. The van der Waals surface area contributed by atoms with Gasteiger partial charge in [0.25, 0.3) is 0 Å². The maximum absolute atomic E-state index is 12.6. The SMILES string of the molecule is CCC(CC)NC(=O)C1CCc2nc(N3CCN(C(C)=O)CC3)sc2C1. The number of fused-ring (bicyclic) bond motifs is 1. The van der Waals surface area contributed by atoms with Crippen LogP contribution in [-0.4, -0.2) is 53.9 Å². The van der Waals surface area contributed by atoms with Crippen LogP contribution in [0.3, 0.4) is 0 Å². The zero-order valence-corrected chi connectivity index (χ0v) is 16.9. The highest BCUT2D eigenvalue weighted by Crippen LogP contribution is 2.34. The first kappa shape index (κ1) is 19.1. The highest BCUT2D eigenvalue weighted by atomic mass is 32.1. The van der Waals surface area contributed by atoms with Gasteiger partial charge in [-0.05, 0) is 32.1 Å². The molecule has 3 rings (SSSR count). The molecular weight excluding hydrogens is 348 g/mol. The summed E-state index contributed by atoms with van der Waals surface area (Å²) in [6.45, 7) is 9.07. The van der Waals surface area contributed by atoms with Gasteiger partial charge in [-0.2, -0.15) is 0 Å². The van der Waals surface area contributed by atoms with Crippen LogP contribution in [0, 0.1) is 5.92 Å². The molecule has 26 heavy (non-hydrogen) atoms. The number of rotatable bonds is 5. The summed E-state index contributed by atoms with van der Waals surface area (Å²) >= 11 is 1.73. The molecule has 1 aliphatic heterocycles. The van der Waals surface area contributed by atoms with Crippen molar-refractivity contribution >= 4 is 28.3 Å². The molecule has 1 saturated heterocycles. The largest absolute Gasteiger partial charge is 0.353 e. The van der Waals surface area contributed by atoms with Crippen molar-refractivity contribution in [2.24, 2.45) is 5.92 Å². The van der Waals surface area contributed by atoms with E-state index in [1.54, 1.807) is 18.3 Å². The van der Waals surface area contributed by atoms with Crippen molar-refractivity contribution in [1.29, 1.82) is 0 Å². The molecule has 2 amide bonds. The van der Waals surface area contributed by atoms with Crippen molar-refractivity contribution < 1.29 is 9.59 Å². The van der Waals surface area contributed by atoms with Crippen LogP contribution in [-0.2, 0) is 22.4 Å². The Balaban J connectivity index is 1.60. The number of carbonyl (C=O) groups is 2. The van der Waals surface area contributed by atoms with Crippen LogP contribution in [0.5, 0.6) is 0 Å². The number of hydrogen-bond acceptors (Lipinski definition) is 5. The Kier molecular flexibility index (Phi) is 6.16. The van der Waals surface area contributed by atoms with Crippen molar-refractivity contribution in [2.75, 3.05) is 31.1 Å². The van der Waals surface area contributed by atoms with Crippen LogP contribution in [0.2, 0.25) is 0 Å². The molecule has 1 N–H and O–H groups in total. The van der Waals surface area contributed by atoms with Gasteiger partial charge in [0, 0.05) is 49.9 Å². The molecule has 6 nitrogen and oxygen atoms in total. The Hall–Kier alpha value is -1.63. The van der Waals surface area contributed by atoms with Gasteiger partial charge in [-0.15, -0.1) is 11.3 Å². The first-order valence-electron chi connectivity index (χ1n) is 9.81. The summed E-state index contributed by atoms with van der Waals surface area (Å²) in [5, 5.41) is 4.25. The van der Waals surface area contributed by atoms with Gasteiger partial charge in [-0.3, -0.25) is 9.59 Å². The van der Waals surface area contributed by atoms with Crippen LogP contribution in [0.1, 0.15) is 50.6 Å². The second kappa shape index (κ2) is 8.37. The van der Waals surface area contributed by atoms with E-state index in [4.69, 9.17) is 4.98 Å². The molecule has 1 aromatic heterocycles. The molecule has 1 unspecified atom stereocenters. The Bertz CT molecular complexity index is 648. The number of piperazine rings is 1. The van der Waals surface area contributed by atoms with Crippen LogP contribution in [0.25, 0.3) is 0 Å². The van der Waals surface area contributed by atoms with Crippen LogP contribution in [0.15, 0.2) is 0 Å². The van der Waals surface area contributed by atoms with Gasteiger partial charge in [0.05, 0.1) is 5.69 Å². The van der Waals surface area contributed by atoms with Crippen LogP contribution in [0.4, 0.5) is 5.13 Å². The molecular formula is C19H30N4O2S. The zero-order valence-electron chi connectivity index (χ0n) is 16.1. The van der Waals surface area contributed by atoms with E-state index in [1.165, 1.54) is 10.6 Å². The minimum atomic E-state index is 0.0750. The van der Waals surface area contributed by atoms with E-state index >= 15 is 0 Å². The standard InChI is InChI=1S/C19H30N4O2S/c1-4-15(5-2)20-18(25)14-6-7-16-17(12-14)26-19(21-16)23-10-8-22(9-11-23)13(3)24/h14-15H,4-12H2,1-3H3,(H,20,25). The van der Waals surface area contributed by atoms with Gasteiger partial charge in [-0.25, -0.2) is 4.98 Å². The monoisotopic (exact) mass is 378 g/mol. The number of hydrogen-bond donors (Lipinski definition) is 1. The fourth-order valence-corrected chi connectivity index (χ4v) is 4.98. The predicted octanol–water partition coefficient (Wildman–Crippen LogP) is 2.22. The Labute approximate surface area is 160 Å². The number of carbonyl (C=O) groups excluding carboxylic acids is 2. The topological polar surface area (TPSA) is 65.5 Å². The molecule has 0 aromatic carbocycles. The van der Waals surface area contributed by atoms with E-state index in [0.29, 0.717) is 6.04 Å². The fourth-order valence-electron chi connectivity index (χ4n) is 3.74. The summed E-state index contributed by atoms with van der Waals surface area (Å²) in [6.07, 6.45) is 4.56. The predicted molar refractivity (Wildman–Crippen MR) is 105 cm³/mol. The third-order valence-corrected chi connectivity index (χ3v) is 6.81. The highest BCUT2D eigenvalue weighted by Gasteiger charge is 2.30. The van der Waals surface area contributed by atoms with Gasteiger partial charge < -0.3 is 15.1 Å². The average molecular weight is 379 g/mol. The number of aromatic nitrogens is 1. The molecule has 1 fully saturated rings. The van der Waals surface area contributed by atoms with Gasteiger partial charge in [0.1, 0.15) is 0 Å². The van der Waals surface area contributed by atoms with Gasteiger partial charge >= 0.3 is 0 Å². The maximum Gasteiger partial charge on any atom is 0.223 e. The van der Waals surface area contributed by atoms with Gasteiger partial charge in [-0.1, -0.05) is 13.8 Å². The molecule has 144 valence electrons. The Morgan fingerprint density at radius 2 is 1.92 bits per heavy atom. The van der Waals surface area contributed by atoms with E-state index in [1.807, 2.05) is 4.90 Å². The minimum absolute atomic E-state index is 0.0750. The number of amides is 2. The lowest BCUT2D eigenvalue weighted by atomic mass is 9.90. The van der Waals surface area contributed by atoms with Crippen molar-refractivity contribution in [1.82, 2.24) is 15.2 Å². The number of nitrogens with zero attached hydrogens (tertiary/aromatic N) is 3. The Morgan fingerprint density at radius 1 is 1.23 bits per heavy atom. The van der Waals surface area contributed by atoms with Crippen molar-refractivity contribution in [3.05, 3.63) is 10.6 Å². The first-order valence-corrected chi connectivity index (χ1v) is 10.6. The molecule has 2 heterocycles. The number of aryl methyl sites for hydroxylation is 1. The smallest absolute Gasteiger partial charge is 0.223 e. The fraction of sp³-hybridized carbons (Fsp3) is 0.737. The van der Waals surface area contributed by atoms with E-state index in [2.05, 4.69) is 24.1 Å². The van der Waals surface area contributed by atoms with Crippen molar-refractivity contribution in [3.8, 4) is 0 Å². The lowest BCUT2D eigenvalue weighted by Crippen LogP contribution is -2.48. The maximum atomic E-state index is 12.6. The van der Waals surface area contributed by atoms with Crippen molar-refractivity contribution in [3.63, 3.8) is 0 Å². The summed E-state index contributed by atoms with van der Waals surface area (Å²) < 4.78 is 0. The van der Waals surface area contributed by atoms with Crippen LogP contribution >= 0.6 is 11.3 Å². The third-order valence-electron chi connectivity index (χ3n) is 5.63. The molecule has 0 saturated carbocycles. The summed E-state index contributed by atoms with van der Waals surface area (Å²) in [5.41, 5.74) is 1.17. The molecule has 0 spiro atoms. The molecule has 1 aromatic rings. The summed E-state index contributed by atoms with van der Waals surface area (Å²) in [6, 6.07) is 0.290. The van der Waals surface area contributed by atoms with Crippen LogP contribution < -0.4 is 10.2 Å². The molecule has 0 bridgehead atoms. The third kappa shape index (κ3) is 4.19. The van der Waals surface area contributed by atoms with Gasteiger partial charge in [0.15, 0.2) is 5.13 Å². The lowest BCUT2D eigenvalue weighted by Gasteiger charge is -2.33. The number of anilines is 1. The summed E-state index contributed by atoms with van der Waals surface area (Å²) in [5.74, 6) is 0.426. The first-order chi connectivity index (χ1) is 12.5. The second-order valence-electron chi connectivity index (χ2n) is 7.32. The molecule has 2 aliphatic rings. The molecule has 7 heteroatoms. The number of thiazole rings is 1. The van der Waals surface area contributed by atoms with E-state index in [9.17, 15) is 9.59 Å².